The predicted molar refractivity (Wildman–Crippen MR) is 69.0 cm³/mol. The fraction of sp³-hybridized carbons (Fsp3) is 0.583. The van der Waals surface area contributed by atoms with Gasteiger partial charge in [0.15, 0.2) is 6.23 Å². The van der Waals surface area contributed by atoms with Crippen molar-refractivity contribution in [2.45, 2.75) is 38.4 Å². The molecule has 0 spiro atoms. The molecule has 0 saturated carbocycles. The van der Waals surface area contributed by atoms with E-state index in [1.165, 1.54) is 6.92 Å². The van der Waals surface area contributed by atoms with Crippen molar-refractivity contribution in [3.8, 4) is 0 Å². The third kappa shape index (κ3) is 2.44. The van der Waals surface area contributed by atoms with Crippen LogP contribution in [0.15, 0.2) is 15.8 Å². The van der Waals surface area contributed by atoms with E-state index >= 15 is 0 Å². The molecule has 0 aromatic carbocycles. The van der Waals surface area contributed by atoms with Crippen LogP contribution in [0, 0.1) is 6.92 Å². The first-order valence-electron chi connectivity index (χ1n) is 6.27. The third-order valence-electron chi connectivity index (χ3n) is 3.39. The van der Waals surface area contributed by atoms with Crippen LogP contribution >= 0.6 is 0 Å². The maximum Gasteiger partial charge on any atom is 0.340 e. The second kappa shape index (κ2) is 5.53. The molecule has 0 aliphatic carbocycles. The lowest BCUT2D eigenvalue weighted by Crippen LogP contribution is -2.46. The number of aliphatic hydroxyl groups is 3. The van der Waals surface area contributed by atoms with Gasteiger partial charge in [-0.2, -0.15) is 4.57 Å². The summed E-state index contributed by atoms with van der Waals surface area (Å²) < 4.78 is 6.50. The molecule has 4 atom stereocenters. The predicted octanol–water partition coefficient (Wildman–Crippen LogP) is -2.41. The van der Waals surface area contributed by atoms with Crippen LogP contribution in [0.4, 0.5) is 0 Å². The van der Waals surface area contributed by atoms with Gasteiger partial charge in [-0.05, 0) is 6.92 Å². The Bertz CT molecular complexity index is 677. The minimum atomic E-state index is -1.47. The molecule has 1 saturated heterocycles. The molecule has 0 amide bonds. The molecule has 9 nitrogen and oxygen atoms in total. The van der Waals surface area contributed by atoms with Gasteiger partial charge in [0.1, 0.15) is 18.3 Å². The summed E-state index contributed by atoms with van der Waals surface area (Å²) in [4.78, 5) is 35.4. The Morgan fingerprint density at radius 3 is 2.43 bits per heavy atom. The van der Waals surface area contributed by atoms with E-state index in [1.807, 2.05) is 0 Å². The molecule has 2 unspecified atom stereocenters. The molecule has 1 aliphatic heterocycles. The summed E-state index contributed by atoms with van der Waals surface area (Å²) in [6, 6.07) is 0. The minimum Gasteiger partial charge on any atom is -0.394 e. The molecule has 1 fully saturated rings. The fourth-order valence-electron chi connectivity index (χ4n) is 2.27. The number of hydrogen-bond acceptors (Lipinski definition) is 7. The molecule has 9 heteroatoms. The molecule has 1 aromatic heterocycles. The molecule has 1 aromatic rings. The molecule has 2 heterocycles. The molecule has 116 valence electrons. The quantitative estimate of drug-likeness (QED) is 0.554. The van der Waals surface area contributed by atoms with Crippen LogP contribution in [0.1, 0.15) is 23.5 Å². The highest BCUT2D eigenvalue weighted by molar-refractivity contribution is 5.75. The average Bonchev–Trinajstić information content (AvgIpc) is 2.70. The summed E-state index contributed by atoms with van der Waals surface area (Å²) >= 11 is 0. The van der Waals surface area contributed by atoms with E-state index in [1.54, 1.807) is 0 Å². The van der Waals surface area contributed by atoms with E-state index in [9.17, 15) is 24.6 Å². The van der Waals surface area contributed by atoms with Gasteiger partial charge in [-0.25, -0.2) is 4.79 Å². The van der Waals surface area contributed by atoms with Gasteiger partial charge in [0.05, 0.1) is 6.61 Å². The van der Waals surface area contributed by atoms with Crippen molar-refractivity contribution in [1.29, 1.82) is 0 Å². The monoisotopic (exact) mass is 300 g/mol. The number of ether oxygens (including phenoxy) is 1. The Morgan fingerprint density at radius 1 is 1.33 bits per heavy atom. The van der Waals surface area contributed by atoms with Crippen molar-refractivity contribution < 1.29 is 24.9 Å². The van der Waals surface area contributed by atoms with E-state index in [2.05, 4.69) is 0 Å². The molecule has 3 N–H and O–H groups in total. The summed E-state index contributed by atoms with van der Waals surface area (Å²) in [5.74, 6) is -0.769. The number of rotatable bonds is 2. The number of aliphatic hydroxyl groups excluding tert-OH is 3. The number of aromatic nitrogens is 2. The summed E-state index contributed by atoms with van der Waals surface area (Å²) in [5, 5.41) is 28.6. The van der Waals surface area contributed by atoms with Crippen molar-refractivity contribution in [2.24, 2.45) is 0 Å². The van der Waals surface area contributed by atoms with E-state index in [-0.39, 0.29) is 5.56 Å². The van der Waals surface area contributed by atoms with Crippen LogP contribution in [-0.2, 0) is 4.74 Å². The zero-order valence-electron chi connectivity index (χ0n) is 11.5. The number of hydrogen-bond donors (Lipinski definition) is 3. The number of carbonyl (C=O) groups excluding carboxylic acids is 1. The van der Waals surface area contributed by atoms with Gasteiger partial charge < -0.3 is 20.1 Å². The standard InChI is InChI=1S/C12H16N2O7/c1-5-3-13(12(20)14(6(2)16)10(5)19)11-9(18)8(17)7(4-15)21-11/h3,7-9,11,15,17-18H,4H2,1-2H3/t7-,8?,9?,11-/m1/s1. The van der Waals surface area contributed by atoms with Crippen molar-refractivity contribution >= 4 is 5.91 Å². The first kappa shape index (κ1) is 15.6. The largest absolute Gasteiger partial charge is 0.394 e. The molecular formula is C12H16N2O7. The second-order valence-electron chi connectivity index (χ2n) is 4.89. The summed E-state index contributed by atoms with van der Waals surface area (Å²) in [7, 11) is 0. The molecule has 21 heavy (non-hydrogen) atoms. The van der Waals surface area contributed by atoms with E-state index < -0.39 is 48.3 Å². The summed E-state index contributed by atoms with van der Waals surface area (Å²) in [5.41, 5.74) is -1.63. The highest BCUT2D eigenvalue weighted by atomic mass is 16.6. The number of nitrogens with zero attached hydrogens (tertiary/aromatic N) is 2. The van der Waals surface area contributed by atoms with Crippen LogP contribution in [0.5, 0.6) is 0 Å². The highest BCUT2D eigenvalue weighted by Gasteiger charge is 2.44. The zero-order valence-corrected chi connectivity index (χ0v) is 11.5. The summed E-state index contributed by atoms with van der Waals surface area (Å²) in [6.07, 6.45) is -4.07. The summed E-state index contributed by atoms with van der Waals surface area (Å²) in [6.45, 7) is 1.91. The Balaban J connectivity index is 2.59. The molecule has 0 radical (unpaired) electrons. The van der Waals surface area contributed by atoms with Crippen LogP contribution < -0.4 is 11.2 Å². The van der Waals surface area contributed by atoms with Gasteiger partial charge in [0.25, 0.3) is 5.56 Å². The van der Waals surface area contributed by atoms with Crippen molar-refractivity contribution in [3.63, 3.8) is 0 Å². The topological polar surface area (TPSA) is 131 Å². The number of aryl methyl sites for hydroxylation is 1. The Morgan fingerprint density at radius 2 is 1.95 bits per heavy atom. The Kier molecular flexibility index (Phi) is 4.10. The highest BCUT2D eigenvalue weighted by Crippen LogP contribution is 2.27. The first-order chi connectivity index (χ1) is 9.79. The zero-order chi connectivity index (χ0) is 15.9. The number of carbonyl (C=O) groups is 1. The molecule has 1 aliphatic rings. The maximum atomic E-state index is 12.2. The SMILES string of the molecule is CC(=O)n1c(=O)c(C)cn([C@@H]2O[C@H](CO)C(O)C2O)c1=O. The minimum absolute atomic E-state index is 0.0996. The third-order valence-corrected chi connectivity index (χ3v) is 3.39. The maximum absolute atomic E-state index is 12.2. The lowest BCUT2D eigenvalue weighted by atomic mass is 10.1. The molecule has 0 bridgehead atoms. The molecular weight excluding hydrogens is 284 g/mol. The second-order valence-corrected chi connectivity index (χ2v) is 4.89. The van der Waals surface area contributed by atoms with E-state index in [4.69, 9.17) is 9.84 Å². The fourth-order valence-corrected chi connectivity index (χ4v) is 2.27. The van der Waals surface area contributed by atoms with Gasteiger partial charge in [-0.1, -0.05) is 0 Å². The van der Waals surface area contributed by atoms with Crippen LogP contribution in [0.3, 0.4) is 0 Å². The van der Waals surface area contributed by atoms with Gasteiger partial charge in [-0.3, -0.25) is 14.2 Å². The van der Waals surface area contributed by atoms with Crippen LogP contribution in [0.25, 0.3) is 0 Å². The van der Waals surface area contributed by atoms with Crippen molar-refractivity contribution in [2.75, 3.05) is 6.61 Å². The lowest BCUT2D eigenvalue weighted by Gasteiger charge is -2.19. The van der Waals surface area contributed by atoms with Crippen molar-refractivity contribution in [3.05, 3.63) is 32.6 Å². The van der Waals surface area contributed by atoms with E-state index in [0.717, 1.165) is 17.7 Å². The Labute approximate surface area is 118 Å². The smallest absolute Gasteiger partial charge is 0.340 e. The molecule has 2 rings (SSSR count). The normalized spacial score (nSPS) is 28.8. The van der Waals surface area contributed by atoms with Gasteiger partial charge in [-0.15, -0.1) is 0 Å². The first-order valence-corrected chi connectivity index (χ1v) is 6.27. The van der Waals surface area contributed by atoms with Gasteiger partial charge in [0, 0.05) is 18.7 Å². The van der Waals surface area contributed by atoms with Gasteiger partial charge >= 0.3 is 5.69 Å². The van der Waals surface area contributed by atoms with Crippen LogP contribution in [0.2, 0.25) is 0 Å². The van der Waals surface area contributed by atoms with Gasteiger partial charge in [0.2, 0.25) is 5.91 Å². The lowest BCUT2D eigenvalue weighted by molar-refractivity contribution is -0.0555. The van der Waals surface area contributed by atoms with Crippen molar-refractivity contribution in [1.82, 2.24) is 9.13 Å². The van der Waals surface area contributed by atoms with E-state index in [0.29, 0.717) is 4.57 Å². The average molecular weight is 300 g/mol. The Hall–Kier alpha value is -1.81. The van der Waals surface area contributed by atoms with Crippen LogP contribution in [-0.4, -0.2) is 55.3 Å².